The van der Waals surface area contributed by atoms with E-state index < -0.39 is 36.6 Å². The molecule has 0 unspecified atom stereocenters. The van der Waals surface area contributed by atoms with E-state index in [0.29, 0.717) is 3.57 Å². The van der Waals surface area contributed by atoms with Crippen LogP contribution in [-0.4, -0.2) is 29.3 Å². The maximum Gasteiger partial charge on any atom is 0.491 e. The number of carbonyl (C=O) groups is 2. The maximum atomic E-state index is 12.8. The molecule has 0 radical (unpaired) electrons. The zero-order chi connectivity index (χ0) is 17.1. The van der Waals surface area contributed by atoms with Crippen LogP contribution in [0.3, 0.4) is 0 Å². The molecule has 0 saturated carbocycles. The van der Waals surface area contributed by atoms with E-state index in [1.165, 1.54) is 6.07 Å². The van der Waals surface area contributed by atoms with Gasteiger partial charge in [0.25, 0.3) is 0 Å². The lowest BCUT2D eigenvalue weighted by atomic mass is 10.2. The molecule has 0 aliphatic heterocycles. The molecule has 1 N–H and O–H groups in total. The van der Waals surface area contributed by atoms with Crippen molar-refractivity contribution in [1.82, 2.24) is 0 Å². The lowest BCUT2D eigenvalue weighted by Gasteiger charge is -2.15. The molecule has 0 fully saturated rings. The van der Waals surface area contributed by atoms with E-state index in [0.717, 1.165) is 12.1 Å². The number of carboxylic acids is 1. The number of ether oxygens (including phenoxy) is 2. The van der Waals surface area contributed by atoms with Crippen LogP contribution in [0.15, 0.2) is 18.2 Å². The van der Waals surface area contributed by atoms with Gasteiger partial charge in [0.15, 0.2) is 0 Å². The van der Waals surface area contributed by atoms with Gasteiger partial charge in [-0.1, -0.05) is 0 Å². The second-order valence-corrected chi connectivity index (χ2v) is 5.00. The van der Waals surface area contributed by atoms with Crippen LogP contribution in [0.1, 0.15) is 5.56 Å². The number of carbonyl (C=O) groups excluding carboxylic acids is 1. The molecule has 0 bridgehead atoms. The van der Waals surface area contributed by atoms with Crippen LogP contribution in [0.2, 0.25) is 0 Å². The minimum Gasteiger partial charge on any atom is -0.475 e. The van der Waals surface area contributed by atoms with Crippen LogP contribution in [0.25, 0.3) is 0 Å². The van der Waals surface area contributed by atoms with Gasteiger partial charge in [0.05, 0.1) is 6.61 Å². The van der Waals surface area contributed by atoms with Crippen molar-refractivity contribution in [2.24, 2.45) is 0 Å². The first-order chi connectivity index (χ1) is 9.93. The van der Waals surface area contributed by atoms with Crippen molar-refractivity contribution in [3.8, 4) is 5.75 Å². The first-order valence-corrected chi connectivity index (χ1v) is 6.34. The number of halogens is 6. The smallest absolute Gasteiger partial charge is 0.475 e. The summed E-state index contributed by atoms with van der Waals surface area (Å²) in [6.45, 7) is -1.07. The molecule has 22 heavy (non-hydrogen) atoms. The average molecular weight is 440 g/mol. The molecule has 1 aromatic carbocycles. The molecule has 1 aromatic rings. The Bertz CT molecular complexity index is 587. The number of benzene rings is 1. The average Bonchev–Trinajstić information content (AvgIpc) is 2.37. The van der Waals surface area contributed by atoms with E-state index in [4.69, 9.17) is 5.11 Å². The fourth-order valence-electron chi connectivity index (χ4n) is 1.15. The zero-order valence-corrected chi connectivity index (χ0v) is 12.4. The Morgan fingerprint density at radius 1 is 1.18 bits per heavy atom. The minimum atomic E-state index is -5.27. The summed E-state index contributed by atoms with van der Waals surface area (Å²) in [5.74, 6) is -5.77. The van der Waals surface area contributed by atoms with Crippen molar-refractivity contribution in [3.63, 3.8) is 0 Å². The Labute approximate surface area is 133 Å². The largest absolute Gasteiger partial charge is 0.491 e. The third-order valence-electron chi connectivity index (χ3n) is 2.11. The van der Waals surface area contributed by atoms with Gasteiger partial charge in [0, 0.05) is 9.13 Å². The van der Waals surface area contributed by atoms with Crippen molar-refractivity contribution in [3.05, 3.63) is 27.3 Å². The first-order valence-electron chi connectivity index (χ1n) is 5.26. The lowest BCUT2D eigenvalue weighted by molar-refractivity contribution is -0.250. The molecule has 1 rings (SSSR count). The number of alkyl halides is 5. The van der Waals surface area contributed by atoms with Crippen LogP contribution in [0.4, 0.5) is 22.0 Å². The third kappa shape index (κ3) is 5.05. The lowest BCUT2D eigenvalue weighted by Crippen LogP contribution is -2.31. The van der Waals surface area contributed by atoms with E-state index in [2.05, 4.69) is 9.47 Å². The monoisotopic (exact) mass is 440 g/mol. The summed E-state index contributed by atoms with van der Waals surface area (Å²) < 4.78 is 70.3. The molecule has 0 amide bonds. The van der Waals surface area contributed by atoms with Crippen molar-refractivity contribution in [2.45, 2.75) is 18.9 Å². The summed E-state index contributed by atoms with van der Waals surface area (Å²) >= 11 is 1.72. The summed E-state index contributed by atoms with van der Waals surface area (Å²) in [5, 5.41) is 8.18. The minimum absolute atomic E-state index is 0.342. The Morgan fingerprint density at radius 3 is 2.27 bits per heavy atom. The van der Waals surface area contributed by atoms with Crippen LogP contribution < -0.4 is 4.74 Å². The second kappa shape index (κ2) is 6.73. The van der Waals surface area contributed by atoms with Crippen molar-refractivity contribution in [1.29, 1.82) is 0 Å². The molecular weight excluding hydrogens is 434 g/mol. The Hall–Kier alpha value is -1.50. The van der Waals surface area contributed by atoms with Gasteiger partial charge in [-0.15, -0.1) is 0 Å². The maximum absolute atomic E-state index is 12.8. The zero-order valence-electron chi connectivity index (χ0n) is 10.3. The highest BCUT2D eigenvalue weighted by Crippen LogP contribution is 2.27. The van der Waals surface area contributed by atoms with Crippen LogP contribution in [-0.2, 0) is 20.9 Å². The molecule has 11 heteroatoms. The molecule has 0 heterocycles. The third-order valence-corrected chi connectivity index (χ3v) is 2.79. The topological polar surface area (TPSA) is 72.8 Å². The molecule has 122 valence electrons. The summed E-state index contributed by atoms with van der Waals surface area (Å²) in [6.07, 6.45) is -9.81. The Kier molecular flexibility index (Phi) is 5.67. The van der Waals surface area contributed by atoms with E-state index >= 15 is 0 Å². The van der Waals surface area contributed by atoms with Crippen molar-refractivity contribution in [2.75, 3.05) is 0 Å². The molecule has 0 spiro atoms. The van der Waals surface area contributed by atoms with Crippen LogP contribution in [0, 0.1) is 3.57 Å². The quantitative estimate of drug-likeness (QED) is 0.330. The fraction of sp³-hybridized carbons (Fsp3) is 0.273. The normalized spacial score (nSPS) is 12.1. The first kappa shape index (κ1) is 18.5. The van der Waals surface area contributed by atoms with Gasteiger partial charge >= 0.3 is 24.2 Å². The Morgan fingerprint density at radius 2 is 1.77 bits per heavy atom. The molecule has 0 aliphatic carbocycles. The van der Waals surface area contributed by atoms with Gasteiger partial charge in [0.2, 0.25) is 0 Å². The predicted molar refractivity (Wildman–Crippen MR) is 68.2 cm³/mol. The van der Waals surface area contributed by atoms with Crippen molar-refractivity contribution >= 4 is 34.5 Å². The van der Waals surface area contributed by atoms with E-state index in [9.17, 15) is 31.5 Å². The number of aliphatic carboxylic acids is 1. The van der Waals surface area contributed by atoms with Crippen molar-refractivity contribution < 1.29 is 46.1 Å². The number of hydrogen-bond donors (Lipinski definition) is 1. The number of hydrogen-bond acceptors (Lipinski definition) is 4. The summed E-state index contributed by atoms with van der Waals surface area (Å²) in [7, 11) is 0. The molecule has 0 saturated heterocycles. The second-order valence-electron chi connectivity index (χ2n) is 3.75. The van der Waals surface area contributed by atoms with E-state index in [-0.39, 0.29) is 5.56 Å². The van der Waals surface area contributed by atoms with Crippen LogP contribution >= 0.6 is 22.6 Å². The molecular formula is C11H6F5IO5. The molecule has 5 nitrogen and oxygen atoms in total. The van der Waals surface area contributed by atoms with Gasteiger partial charge in [0.1, 0.15) is 5.75 Å². The highest BCUT2D eigenvalue weighted by Gasteiger charge is 2.42. The highest BCUT2D eigenvalue weighted by molar-refractivity contribution is 14.1. The highest BCUT2D eigenvalue weighted by atomic mass is 127. The summed E-state index contributed by atoms with van der Waals surface area (Å²) in [6, 6.07) is 3.32. The summed E-state index contributed by atoms with van der Waals surface area (Å²) in [5.41, 5.74) is -0.342. The SMILES string of the molecule is O=C(Oc1ccc(I)cc1COC(F)(F)C(=O)O)C(F)(F)F. The van der Waals surface area contributed by atoms with Crippen LogP contribution in [0.5, 0.6) is 5.75 Å². The van der Waals surface area contributed by atoms with Gasteiger partial charge in [-0.05, 0) is 40.8 Å². The van der Waals surface area contributed by atoms with E-state index in [1.807, 2.05) is 0 Å². The van der Waals surface area contributed by atoms with Gasteiger partial charge in [-0.25, -0.2) is 9.59 Å². The predicted octanol–water partition coefficient (Wildman–Crippen LogP) is 2.95. The standard InChI is InChI=1S/C11H6F5IO5/c12-10(13,14)9(20)22-7-2-1-6(17)3-5(7)4-21-11(15,16)8(18)19/h1-3H,4H2,(H,18,19). The number of rotatable bonds is 5. The number of esters is 1. The summed E-state index contributed by atoms with van der Waals surface area (Å²) in [4.78, 5) is 20.9. The van der Waals surface area contributed by atoms with Gasteiger partial charge < -0.3 is 14.6 Å². The van der Waals surface area contributed by atoms with Gasteiger partial charge in [-0.3, -0.25) is 0 Å². The van der Waals surface area contributed by atoms with E-state index in [1.54, 1.807) is 22.6 Å². The molecule has 0 atom stereocenters. The Balaban J connectivity index is 2.97. The molecule has 0 aromatic heterocycles. The molecule has 0 aliphatic rings. The number of carboxylic acid groups (broad SMARTS) is 1. The fourth-order valence-corrected chi connectivity index (χ4v) is 1.70. The van der Waals surface area contributed by atoms with Gasteiger partial charge in [-0.2, -0.15) is 22.0 Å².